The van der Waals surface area contributed by atoms with Gasteiger partial charge in [0.2, 0.25) is 0 Å². The molecule has 0 fully saturated rings. The first-order valence-electron chi connectivity index (χ1n) is 5.02. The Hall–Kier alpha value is -2.61. The molecule has 5 nitrogen and oxygen atoms in total. The van der Waals surface area contributed by atoms with E-state index >= 15 is 0 Å². The van der Waals surface area contributed by atoms with Crippen molar-refractivity contribution in [2.75, 3.05) is 5.32 Å². The van der Waals surface area contributed by atoms with Gasteiger partial charge in [-0.3, -0.25) is 4.79 Å². The highest BCUT2D eigenvalue weighted by molar-refractivity contribution is 6.03. The number of imidazole rings is 1. The Kier molecular flexibility index (Phi) is 2.88. The predicted octanol–water partition coefficient (Wildman–Crippen LogP) is 1.84. The monoisotopic (exact) mass is 226 g/mol. The highest BCUT2D eigenvalue weighted by Crippen LogP contribution is 2.11. The van der Waals surface area contributed by atoms with Gasteiger partial charge in [0.1, 0.15) is 5.69 Å². The van der Waals surface area contributed by atoms with Crippen molar-refractivity contribution in [3.05, 3.63) is 47.5 Å². The van der Waals surface area contributed by atoms with E-state index in [1.807, 2.05) is 6.07 Å². The van der Waals surface area contributed by atoms with Crippen LogP contribution in [0.2, 0.25) is 0 Å². The second-order valence-electron chi connectivity index (χ2n) is 3.52. The summed E-state index contributed by atoms with van der Waals surface area (Å²) >= 11 is 0. The second-order valence-corrected chi connectivity index (χ2v) is 3.52. The Balaban J connectivity index is 2.19. The summed E-state index contributed by atoms with van der Waals surface area (Å²) in [4.78, 5) is 18.6. The molecule has 2 aromatic rings. The van der Waals surface area contributed by atoms with Gasteiger partial charge in [-0.05, 0) is 25.1 Å². The number of nitrogens with zero attached hydrogens (tertiary/aromatic N) is 2. The smallest absolute Gasteiger partial charge is 0.276 e. The maximum absolute atomic E-state index is 11.8. The molecule has 0 atom stereocenters. The highest BCUT2D eigenvalue weighted by atomic mass is 16.1. The Morgan fingerprint density at radius 3 is 3.00 bits per heavy atom. The first-order valence-corrected chi connectivity index (χ1v) is 5.02. The summed E-state index contributed by atoms with van der Waals surface area (Å²) in [6.45, 7) is 1.77. The van der Waals surface area contributed by atoms with E-state index in [1.54, 1.807) is 31.2 Å². The van der Waals surface area contributed by atoms with Crippen molar-refractivity contribution in [2.24, 2.45) is 0 Å². The summed E-state index contributed by atoms with van der Waals surface area (Å²) in [6, 6.07) is 8.74. The van der Waals surface area contributed by atoms with E-state index in [1.165, 1.54) is 6.33 Å². The van der Waals surface area contributed by atoms with Crippen molar-refractivity contribution in [1.82, 2.24) is 9.97 Å². The molecule has 0 bridgehead atoms. The van der Waals surface area contributed by atoms with Crippen molar-refractivity contribution < 1.29 is 4.79 Å². The van der Waals surface area contributed by atoms with E-state index in [-0.39, 0.29) is 5.91 Å². The standard InChI is InChI=1S/C12H10N4O/c1-8-11(15-7-14-8)12(17)16-10-4-2-3-9(5-10)6-13/h2-5,7H,1H3,(H,14,15)(H,16,17). The number of rotatable bonds is 2. The number of carbonyl (C=O) groups is 1. The van der Waals surface area contributed by atoms with Crippen LogP contribution < -0.4 is 5.32 Å². The van der Waals surface area contributed by atoms with Crippen LogP contribution in [0.3, 0.4) is 0 Å². The lowest BCUT2D eigenvalue weighted by Crippen LogP contribution is -2.13. The van der Waals surface area contributed by atoms with Gasteiger partial charge in [0.05, 0.1) is 18.0 Å². The first kappa shape index (κ1) is 10.9. The zero-order valence-electron chi connectivity index (χ0n) is 9.19. The van der Waals surface area contributed by atoms with E-state index in [4.69, 9.17) is 5.26 Å². The summed E-state index contributed by atoms with van der Waals surface area (Å²) in [5.41, 5.74) is 2.14. The number of hydrogen-bond acceptors (Lipinski definition) is 3. The normalized spacial score (nSPS) is 9.65. The van der Waals surface area contributed by atoms with Gasteiger partial charge in [-0.15, -0.1) is 0 Å². The fraction of sp³-hybridized carbons (Fsp3) is 0.0833. The van der Waals surface area contributed by atoms with E-state index in [0.29, 0.717) is 22.6 Å². The highest BCUT2D eigenvalue weighted by Gasteiger charge is 2.11. The third-order valence-corrected chi connectivity index (χ3v) is 2.29. The maximum atomic E-state index is 11.8. The summed E-state index contributed by atoms with van der Waals surface area (Å²) in [5.74, 6) is -0.293. The minimum Gasteiger partial charge on any atom is -0.348 e. The average molecular weight is 226 g/mol. The molecule has 0 saturated carbocycles. The molecule has 0 aliphatic heterocycles. The number of aromatic amines is 1. The molecule has 2 N–H and O–H groups in total. The maximum Gasteiger partial charge on any atom is 0.276 e. The van der Waals surface area contributed by atoms with Gasteiger partial charge in [0, 0.05) is 11.4 Å². The molecule has 0 saturated heterocycles. The summed E-state index contributed by atoms with van der Waals surface area (Å²) in [7, 11) is 0. The molecule has 1 aromatic carbocycles. The van der Waals surface area contributed by atoms with Crippen LogP contribution in [0.25, 0.3) is 0 Å². The number of aromatic nitrogens is 2. The van der Waals surface area contributed by atoms with Gasteiger partial charge >= 0.3 is 0 Å². The molecule has 84 valence electrons. The molecule has 2 rings (SSSR count). The van der Waals surface area contributed by atoms with Gasteiger partial charge in [-0.2, -0.15) is 5.26 Å². The molecule has 5 heteroatoms. The van der Waals surface area contributed by atoms with E-state index in [0.717, 1.165) is 0 Å². The molecule has 0 aliphatic rings. The third kappa shape index (κ3) is 2.32. The lowest BCUT2D eigenvalue weighted by Gasteiger charge is -2.03. The summed E-state index contributed by atoms with van der Waals surface area (Å²) in [6.07, 6.45) is 1.47. The third-order valence-electron chi connectivity index (χ3n) is 2.29. The van der Waals surface area contributed by atoms with Gasteiger partial charge < -0.3 is 10.3 Å². The SMILES string of the molecule is Cc1[nH]cnc1C(=O)Nc1cccc(C#N)c1. The number of nitriles is 1. The Labute approximate surface area is 98.1 Å². The minimum absolute atomic E-state index is 0.293. The van der Waals surface area contributed by atoms with Crippen molar-refractivity contribution in [2.45, 2.75) is 6.92 Å². The van der Waals surface area contributed by atoms with Gasteiger partial charge in [-0.25, -0.2) is 4.98 Å². The van der Waals surface area contributed by atoms with Gasteiger partial charge in [0.25, 0.3) is 5.91 Å². The van der Waals surface area contributed by atoms with Crippen molar-refractivity contribution >= 4 is 11.6 Å². The van der Waals surface area contributed by atoms with Crippen molar-refractivity contribution in [3.8, 4) is 6.07 Å². The number of carbonyl (C=O) groups excluding carboxylic acids is 1. The molecule has 1 aromatic heterocycles. The van der Waals surface area contributed by atoms with Gasteiger partial charge in [-0.1, -0.05) is 6.07 Å². The zero-order valence-corrected chi connectivity index (χ0v) is 9.19. The Bertz CT molecular complexity index is 595. The van der Waals surface area contributed by atoms with Crippen LogP contribution in [0, 0.1) is 18.3 Å². The van der Waals surface area contributed by atoms with E-state index in [9.17, 15) is 4.79 Å². The van der Waals surface area contributed by atoms with E-state index < -0.39 is 0 Å². The molecule has 0 unspecified atom stereocenters. The lowest BCUT2D eigenvalue weighted by molar-refractivity contribution is 0.102. The predicted molar refractivity (Wildman–Crippen MR) is 62.4 cm³/mol. The first-order chi connectivity index (χ1) is 8.20. The van der Waals surface area contributed by atoms with Crippen LogP contribution in [-0.4, -0.2) is 15.9 Å². The molecular formula is C12H10N4O. The molecule has 1 amide bonds. The number of hydrogen-bond donors (Lipinski definition) is 2. The number of nitrogens with one attached hydrogen (secondary N) is 2. The van der Waals surface area contributed by atoms with Crippen LogP contribution >= 0.6 is 0 Å². The van der Waals surface area contributed by atoms with Crippen LogP contribution in [0.5, 0.6) is 0 Å². The fourth-order valence-corrected chi connectivity index (χ4v) is 1.44. The lowest BCUT2D eigenvalue weighted by atomic mass is 10.2. The molecule has 0 spiro atoms. The number of H-pyrrole nitrogens is 1. The van der Waals surface area contributed by atoms with E-state index in [2.05, 4.69) is 15.3 Å². The van der Waals surface area contributed by atoms with Gasteiger partial charge in [0.15, 0.2) is 0 Å². The number of benzene rings is 1. The average Bonchev–Trinajstić information content (AvgIpc) is 2.76. The Morgan fingerprint density at radius 2 is 2.35 bits per heavy atom. The Morgan fingerprint density at radius 1 is 1.53 bits per heavy atom. The molecule has 17 heavy (non-hydrogen) atoms. The zero-order chi connectivity index (χ0) is 12.3. The van der Waals surface area contributed by atoms with Crippen LogP contribution in [0.15, 0.2) is 30.6 Å². The molecule has 1 heterocycles. The largest absolute Gasteiger partial charge is 0.348 e. The quantitative estimate of drug-likeness (QED) is 0.819. The van der Waals surface area contributed by atoms with Crippen LogP contribution in [0.1, 0.15) is 21.7 Å². The minimum atomic E-state index is -0.293. The van der Waals surface area contributed by atoms with Crippen LogP contribution in [0.4, 0.5) is 5.69 Å². The van der Waals surface area contributed by atoms with Crippen molar-refractivity contribution in [1.29, 1.82) is 5.26 Å². The van der Waals surface area contributed by atoms with Crippen molar-refractivity contribution in [3.63, 3.8) is 0 Å². The van der Waals surface area contributed by atoms with Crippen LogP contribution in [-0.2, 0) is 0 Å². The molecule has 0 radical (unpaired) electrons. The molecule has 0 aliphatic carbocycles. The topological polar surface area (TPSA) is 81.6 Å². The summed E-state index contributed by atoms with van der Waals surface area (Å²) < 4.78 is 0. The number of amides is 1. The molecular weight excluding hydrogens is 216 g/mol. The fourth-order valence-electron chi connectivity index (χ4n) is 1.44. The number of anilines is 1. The number of aryl methyl sites for hydroxylation is 1. The second kappa shape index (κ2) is 4.49. The summed E-state index contributed by atoms with van der Waals surface area (Å²) in [5, 5.41) is 11.4.